The Morgan fingerprint density at radius 3 is 2.56 bits per heavy atom. The van der Waals surface area contributed by atoms with Gasteiger partial charge in [0, 0.05) is 25.0 Å². The molecule has 2 heterocycles. The van der Waals surface area contributed by atoms with E-state index in [1.807, 2.05) is 6.07 Å². The molecule has 25 heavy (non-hydrogen) atoms. The molecular weight excluding hydrogens is 308 g/mol. The molecular formula is C21H24N4. The quantitative estimate of drug-likeness (QED) is 0.794. The summed E-state index contributed by atoms with van der Waals surface area (Å²) >= 11 is 0. The topological polar surface area (TPSA) is 41.0 Å². The number of hydrogen-bond acceptors (Lipinski definition) is 4. The van der Waals surface area contributed by atoms with E-state index in [4.69, 9.17) is 0 Å². The zero-order chi connectivity index (χ0) is 17.1. The second-order valence-electron chi connectivity index (χ2n) is 6.92. The van der Waals surface area contributed by atoms with Gasteiger partial charge in [-0.1, -0.05) is 24.3 Å². The van der Waals surface area contributed by atoms with Gasteiger partial charge < -0.3 is 10.2 Å². The van der Waals surface area contributed by atoms with Gasteiger partial charge in [0.25, 0.3) is 0 Å². The van der Waals surface area contributed by atoms with Crippen LogP contribution < -0.4 is 5.32 Å². The van der Waals surface area contributed by atoms with Crippen LogP contribution in [-0.2, 0) is 6.54 Å². The normalized spacial score (nSPS) is 16.4. The van der Waals surface area contributed by atoms with E-state index < -0.39 is 0 Å². The van der Waals surface area contributed by atoms with Crippen molar-refractivity contribution in [2.45, 2.75) is 25.4 Å². The number of hydrogen-bond donors (Lipinski definition) is 1. The van der Waals surface area contributed by atoms with Crippen molar-refractivity contribution in [1.29, 1.82) is 0 Å². The molecule has 1 saturated heterocycles. The molecule has 0 aliphatic carbocycles. The molecule has 1 aliphatic rings. The first-order valence-electron chi connectivity index (χ1n) is 9.00. The largest absolute Gasteiger partial charge is 0.310 e. The van der Waals surface area contributed by atoms with Crippen LogP contribution >= 0.6 is 0 Å². The molecule has 1 aliphatic heterocycles. The van der Waals surface area contributed by atoms with E-state index in [0.29, 0.717) is 6.04 Å². The van der Waals surface area contributed by atoms with Gasteiger partial charge in [-0.15, -0.1) is 0 Å². The fourth-order valence-corrected chi connectivity index (χ4v) is 3.48. The summed E-state index contributed by atoms with van der Waals surface area (Å²) in [6, 6.07) is 15.7. The maximum Gasteiger partial charge on any atom is 0.0892 e. The van der Waals surface area contributed by atoms with Gasteiger partial charge in [-0.05, 0) is 67.9 Å². The lowest BCUT2D eigenvalue weighted by Gasteiger charge is -2.29. The Labute approximate surface area is 148 Å². The number of nitrogens with zero attached hydrogens (tertiary/aromatic N) is 3. The molecule has 0 unspecified atom stereocenters. The first-order valence-corrected chi connectivity index (χ1v) is 9.00. The van der Waals surface area contributed by atoms with Crippen molar-refractivity contribution in [2.75, 3.05) is 20.1 Å². The molecule has 4 heteroatoms. The fraction of sp³-hybridized carbons (Fsp3) is 0.333. The molecule has 1 fully saturated rings. The molecule has 0 atom stereocenters. The van der Waals surface area contributed by atoms with Gasteiger partial charge >= 0.3 is 0 Å². The van der Waals surface area contributed by atoms with Crippen LogP contribution in [0.5, 0.6) is 0 Å². The number of piperidine rings is 1. The van der Waals surface area contributed by atoms with Gasteiger partial charge in [-0.2, -0.15) is 0 Å². The van der Waals surface area contributed by atoms with Crippen molar-refractivity contribution in [3.05, 3.63) is 60.4 Å². The molecule has 1 aromatic heterocycles. The first kappa shape index (κ1) is 16.2. The minimum atomic E-state index is 0.635. The average molecular weight is 332 g/mol. The lowest BCUT2D eigenvalue weighted by molar-refractivity contribution is 0.234. The van der Waals surface area contributed by atoms with E-state index in [1.54, 1.807) is 12.4 Å². The van der Waals surface area contributed by atoms with Crippen molar-refractivity contribution >= 4 is 11.0 Å². The second kappa shape index (κ2) is 7.30. The maximum absolute atomic E-state index is 4.41. The van der Waals surface area contributed by atoms with E-state index in [1.165, 1.54) is 42.6 Å². The highest BCUT2D eigenvalue weighted by molar-refractivity contribution is 5.81. The van der Waals surface area contributed by atoms with Crippen LogP contribution in [0.4, 0.5) is 0 Å². The average Bonchev–Trinajstić information content (AvgIpc) is 2.67. The molecule has 0 bridgehead atoms. The van der Waals surface area contributed by atoms with E-state index in [-0.39, 0.29) is 0 Å². The maximum atomic E-state index is 4.41. The molecule has 0 amide bonds. The third kappa shape index (κ3) is 3.86. The number of aromatic nitrogens is 2. The Hall–Kier alpha value is -2.30. The number of likely N-dealkylation sites (tertiary alicyclic amines) is 1. The predicted octanol–water partition coefficient (Wildman–Crippen LogP) is 3.48. The Bertz CT molecular complexity index is 853. The summed E-state index contributed by atoms with van der Waals surface area (Å²) in [5, 5.41) is 3.72. The van der Waals surface area contributed by atoms with Crippen LogP contribution in [0.2, 0.25) is 0 Å². The van der Waals surface area contributed by atoms with Gasteiger partial charge in [0.2, 0.25) is 0 Å². The Morgan fingerprint density at radius 1 is 0.960 bits per heavy atom. The van der Waals surface area contributed by atoms with Crippen LogP contribution in [-0.4, -0.2) is 41.0 Å². The second-order valence-corrected chi connectivity index (χ2v) is 6.92. The summed E-state index contributed by atoms with van der Waals surface area (Å²) < 4.78 is 0. The third-order valence-corrected chi connectivity index (χ3v) is 5.04. The van der Waals surface area contributed by atoms with Gasteiger partial charge in [0.05, 0.1) is 11.0 Å². The van der Waals surface area contributed by atoms with E-state index in [9.17, 15) is 0 Å². The third-order valence-electron chi connectivity index (χ3n) is 5.04. The van der Waals surface area contributed by atoms with Crippen LogP contribution in [0.25, 0.3) is 22.2 Å². The summed E-state index contributed by atoms with van der Waals surface area (Å²) in [5.74, 6) is 0. The molecule has 1 N–H and O–H groups in total. The molecule has 128 valence electrons. The zero-order valence-electron chi connectivity index (χ0n) is 14.7. The Kier molecular flexibility index (Phi) is 4.72. The van der Waals surface area contributed by atoms with Crippen LogP contribution in [0.15, 0.2) is 54.9 Å². The molecule has 3 aromatic rings. The minimum Gasteiger partial charge on any atom is -0.310 e. The Balaban J connectivity index is 1.48. The highest BCUT2D eigenvalue weighted by atomic mass is 15.1. The summed E-state index contributed by atoms with van der Waals surface area (Å²) in [6.45, 7) is 3.31. The molecule has 2 aromatic carbocycles. The zero-order valence-corrected chi connectivity index (χ0v) is 14.7. The summed E-state index contributed by atoms with van der Waals surface area (Å²) in [4.78, 5) is 11.2. The van der Waals surface area contributed by atoms with Gasteiger partial charge in [-0.3, -0.25) is 9.97 Å². The monoisotopic (exact) mass is 332 g/mol. The molecule has 0 saturated carbocycles. The summed E-state index contributed by atoms with van der Waals surface area (Å²) in [5.41, 5.74) is 5.63. The van der Waals surface area contributed by atoms with E-state index in [0.717, 1.165) is 17.6 Å². The van der Waals surface area contributed by atoms with E-state index >= 15 is 0 Å². The van der Waals surface area contributed by atoms with Crippen LogP contribution in [0, 0.1) is 0 Å². The predicted molar refractivity (Wildman–Crippen MR) is 102 cm³/mol. The van der Waals surface area contributed by atoms with Crippen molar-refractivity contribution in [1.82, 2.24) is 20.2 Å². The number of nitrogens with one attached hydrogen (secondary N) is 1. The smallest absolute Gasteiger partial charge is 0.0892 e. The SMILES string of the molecule is CN1CCC(NCc2cccc(-c3ccc4nccnc4c3)c2)CC1. The fourth-order valence-electron chi connectivity index (χ4n) is 3.48. The van der Waals surface area contributed by atoms with Crippen LogP contribution in [0.1, 0.15) is 18.4 Å². The first-order chi connectivity index (χ1) is 12.3. The van der Waals surface area contributed by atoms with Crippen molar-refractivity contribution in [3.63, 3.8) is 0 Å². The Morgan fingerprint density at radius 2 is 1.72 bits per heavy atom. The van der Waals surface area contributed by atoms with E-state index in [2.05, 4.69) is 63.6 Å². The van der Waals surface area contributed by atoms with Gasteiger partial charge in [0.1, 0.15) is 0 Å². The molecule has 0 radical (unpaired) electrons. The molecule has 0 spiro atoms. The van der Waals surface area contributed by atoms with Gasteiger partial charge in [0.15, 0.2) is 0 Å². The summed E-state index contributed by atoms with van der Waals surface area (Å²) in [6.07, 6.45) is 5.95. The molecule has 4 rings (SSSR count). The molecule has 4 nitrogen and oxygen atoms in total. The lowest BCUT2D eigenvalue weighted by Crippen LogP contribution is -2.40. The number of rotatable bonds is 4. The number of benzene rings is 2. The van der Waals surface area contributed by atoms with Crippen molar-refractivity contribution < 1.29 is 0 Å². The minimum absolute atomic E-state index is 0.635. The standard InChI is InChI=1S/C21H24N4/c1-25-11-7-19(8-12-25)24-15-16-3-2-4-17(13-16)18-5-6-20-21(14-18)23-10-9-22-20/h2-6,9-10,13-14,19,24H,7-8,11-12,15H2,1H3. The highest BCUT2D eigenvalue weighted by Crippen LogP contribution is 2.23. The van der Waals surface area contributed by atoms with Crippen molar-refractivity contribution in [3.8, 4) is 11.1 Å². The number of fused-ring (bicyclic) bond motifs is 1. The van der Waals surface area contributed by atoms with Crippen molar-refractivity contribution in [2.24, 2.45) is 0 Å². The summed E-state index contributed by atoms with van der Waals surface area (Å²) in [7, 11) is 2.20. The van der Waals surface area contributed by atoms with Gasteiger partial charge in [-0.25, -0.2) is 0 Å². The highest BCUT2D eigenvalue weighted by Gasteiger charge is 2.15. The van der Waals surface area contributed by atoms with Crippen LogP contribution in [0.3, 0.4) is 0 Å². The lowest BCUT2D eigenvalue weighted by atomic mass is 10.0.